The molecule has 1 aliphatic rings. The Morgan fingerprint density at radius 2 is 1.81 bits per heavy atom. The minimum absolute atomic E-state index is 0.131. The van der Waals surface area contributed by atoms with Crippen LogP contribution < -0.4 is 20.9 Å². The van der Waals surface area contributed by atoms with Crippen LogP contribution in [0.5, 0.6) is 0 Å². The minimum Gasteiger partial charge on any atom is -0.329 e. The number of anilines is 3. The zero-order valence-electron chi connectivity index (χ0n) is 13.4. The molecule has 1 heterocycles. The summed E-state index contributed by atoms with van der Waals surface area (Å²) in [6, 6.07) is 11.0. The van der Waals surface area contributed by atoms with E-state index in [2.05, 4.69) is 16.0 Å². The first-order chi connectivity index (χ1) is 12.4. The number of halogens is 2. The molecule has 0 aliphatic carbocycles. The van der Waals surface area contributed by atoms with E-state index in [1.54, 1.807) is 42.5 Å². The van der Waals surface area contributed by atoms with Crippen molar-refractivity contribution in [3.8, 4) is 0 Å². The van der Waals surface area contributed by atoms with E-state index < -0.39 is 11.9 Å². The molecular weight excluding hydrogens is 379 g/mol. The van der Waals surface area contributed by atoms with E-state index in [0.29, 0.717) is 27.1 Å². The smallest absolute Gasteiger partial charge is 0.322 e. The van der Waals surface area contributed by atoms with Crippen LogP contribution in [-0.4, -0.2) is 30.9 Å². The number of nitrogens with zero attached hydrogens (tertiary/aromatic N) is 1. The van der Waals surface area contributed by atoms with E-state index in [1.165, 1.54) is 4.90 Å². The van der Waals surface area contributed by atoms with Gasteiger partial charge in [0, 0.05) is 15.7 Å². The molecule has 0 bridgehead atoms. The molecule has 0 atom stereocenters. The number of rotatable bonds is 3. The fourth-order valence-corrected chi connectivity index (χ4v) is 3.02. The monoisotopic (exact) mass is 392 g/mol. The highest BCUT2D eigenvalue weighted by Gasteiger charge is 2.26. The predicted molar refractivity (Wildman–Crippen MR) is 101 cm³/mol. The second kappa shape index (κ2) is 7.63. The second-order valence-corrected chi connectivity index (χ2v) is 6.39. The Kier molecular flexibility index (Phi) is 5.29. The van der Waals surface area contributed by atoms with Crippen molar-refractivity contribution in [1.82, 2.24) is 5.32 Å². The van der Waals surface area contributed by atoms with E-state index >= 15 is 0 Å². The number of amides is 4. The highest BCUT2D eigenvalue weighted by atomic mass is 35.5. The lowest BCUT2D eigenvalue weighted by molar-refractivity contribution is -0.115. The topological polar surface area (TPSA) is 90.5 Å². The number of para-hydroxylation sites is 2. The molecule has 3 rings (SSSR count). The van der Waals surface area contributed by atoms with Gasteiger partial charge in [-0.3, -0.25) is 14.5 Å². The third kappa shape index (κ3) is 4.25. The molecule has 0 radical (unpaired) electrons. The fourth-order valence-electron chi connectivity index (χ4n) is 2.50. The Bertz CT molecular complexity index is 868. The van der Waals surface area contributed by atoms with Gasteiger partial charge in [-0.25, -0.2) is 4.79 Å². The van der Waals surface area contributed by atoms with Gasteiger partial charge in [0.1, 0.15) is 6.54 Å². The third-order valence-corrected chi connectivity index (χ3v) is 4.00. The molecule has 9 heteroatoms. The number of fused-ring (bicyclic) bond motifs is 1. The number of urea groups is 1. The van der Waals surface area contributed by atoms with Crippen LogP contribution in [0, 0.1) is 0 Å². The summed E-state index contributed by atoms with van der Waals surface area (Å²) >= 11 is 11.7. The molecule has 0 fully saturated rings. The molecule has 26 heavy (non-hydrogen) atoms. The summed E-state index contributed by atoms with van der Waals surface area (Å²) in [5, 5.41) is 8.53. The number of benzene rings is 2. The standard InChI is InChI=1S/C17H14Cl2N4O3/c18-10-5-11(19)7-12(6-10)21-15(24)8-20-17(26)23-9-16(25)22-13-3-1-2-4-14(13)23/h1-7H,8-9H2,(H,20,26)(H,21,24)(H,22,25). The van der Waals surface area contributed by atoms with Gasteiger partial charge in [0.05, 0.1) is 17.9 Å². The quantitative estimate of drug-likeness (QED) is 0.749. The first-order valence-electron chi connectivity index (χ1n) is 7.62. The van der Waals surface area contributed by atoms with Crippen LogP contribution in [0.3, 0.4) is 0 Å². The van der Waals surface area contributed by atoms with Crippen molar-refractivity contribution in [3.05, 3.63) is 52.5 Å². The van der Waals surface area contributed by atoms with Crippen molar-refractivity contribution in [2.75, 3.05) is 28.6 Å². The van der Waals surface area contributed by atoms with E-state index in [1.807, 2.05) is 0 Å². The lowest BCUT2D eigenvalue weighted by Gasteiger charge is -2.29. The Balaban J connectivity index is 1.62. The molecular formula is C17H14Cl2N4O3. The summed E-state index contributed by atoms with van der Waals surface area (Å²) in [5.74, 6) is -0.761. The highest BCUT2D eigenvalue weighted by molar-refractivity contribution is 6.35. The van der Waals surface area contributed by atoms with Crippen molar-refractivity contribution < 1.29 is 14.4 Å². The molecule has 4 amide bonds. The molecule has 0 saturated carbocycles. The van der Waals surface area contributed by atoms with Crippen LogP contribution in [0.1, 0.15) is 0 Å². The van der Waals surface area contributed by atoms with Crippen LogP contribution in [0.4, 0.5) is 21.9 Å². The summed E-state index contributed by atoms with van der Waals surface area (Å²) in [5.41, 5.74) is 1.52. The third-order valence-electron chi connectivity index (χ3n) is 3.56. The van der Waals surface area contributed by atoms with Gasteiger partial charge in [0.15, 0.2) is 0 Å². The maximum atomic E-state index is 12.4. The number of hydrogen-bond acceptors (Lipinski definition) is 3. The van der Waals surface area contributed by atoms with Crippen molar-refractivity contribution in [1.29, 1.82) is 0 Å². The van der Waals surface area contributed by atoms with E-state index in [-0.39, 0.29) is 19.0 Å². The van der Waals surface area contributed by atoms with Crippen LogP contribution in [0.2, 0.25) is 10.0 Å². The van der Waals surface area contributed by atoms with Gasteiger partial charge in [-0.2, -0.15) is 0 Å². The number of carbonyl (C=O) groups is 3. The molecule has 0 saturated heterocycles. The largest absolute Gasteiger partial charge is 0.329 e. The zero-order valence-corrected chi connectivity index (χ0v) is 14.9. The molecule has 2 aromatic carbocycles. The summed E-state index contributed by atoms with van der Waals surface area (Å²) in [6.45, 7) is -0.405. The van der Waals surface area contributed by atoms with Crippen LogP contribution in [0.15, 0.2) is 42.5 Å². The first-order valence-corrected chi connectivity index (χ1v) is 8.38. The molecule has 2 aromatic rings. The maximum Gasteiger partial charge on any atom is 0.322 e. The van der Waals surface area contributed by atoms with E-state index in [0.717, 1.165) is 0 Å². The Morgan fingerprint density at radius 1 is 1.12 bits per heavy atom. The van der Waals surface area contributed by atoms with Gasteiger partial charge >= 0.3 is 6.03 Å². The SMILES string of the molecule is O=C(CNC(=O)N1CC(=O)Nc2ccccc21)Nc1cc(Cl)cc(Cl)c1. The van der Waals surface area contributed by atoms with Gasteiger partial charge in [0.25, 0.3) is 0 Å². The number of carbonyl (C=O) groups excluding carboxylic acids is 3. The van der Waals surface area contributed by atoms with Crippen molar-refractivity contribution in [2.45, 2.75) is 0 Å². The van der Waals surface area contributed by atoms with Gasteiger partial charge < -0.3 is 16.0 Å². The minimum atomic E-state index is -0.549. The fraction of sp³-hybridized carbons (Fsp3) is 0.118. The molecule has 7 nitrogen and oxygen atoms in total. The second-order valence-electron chi connectivity index (χ2n) is 5.52. The van der Waals surface area contributed by atoms with Gasteiger partial charge in [-0.15, -0.1) is 0 Å². The Hall–Kier alpha value is -2.77. The lowest BCUT2D eigenvalue weighted by Crippen LogP contribution is -2.48. The average Bonchev–Trinajstić information content (AvgIpc) is 2.58. The molecule has 0 aromatic heterocycles. The predicted octanol–water partition coefficient (Wildman–Crippen LogP) is 3.10. The van der Waals surface area contributed by atoms with Gasteiger partial charge in [-0.05, 0) is 30.3 Å². The number of nitrogens with one attached hydrogen (secondary N) is 3. The van der Waals surface area contributed by atoms with Crippen molar-refractivity contribution in [2.24, 2.45) is 0 Å². The van der Waals surface area contributed by atoms with E-state index in [9.17, 15) is 14.4 Å². The molecule has 0 spiro atoms. The van der Waals surface area contributed by atoms with Crippen LogP contribution in [-0.2, 0) is 9.59 Å². The van der Waals surface area contributed by atoms with Gasteiger partial charge in [-0.1, -0.05) is 35.3 Å². The lowest BCUT2D eigenvalue weighted by atomic mass is 10.2. The Labute approximate surface area is 159 Å². The maximum absolute atomic E-state index is 12.4. The van der Waals surface area contributed by atoms with Crippen molar-refractivity contribution >= 4 is 58.1 Å². The summed E-state index contributed by atoms with van der Waals surface area (Å²) in [6.07, 6.45) is 0. The average molecular weight is 393 g/mol. The van der Waals surface area contributed by atoms with Crippen LogP contribution in [0.25, 0.3) is 0 Å². The molecule has 134 valence electrons. The first kappa shape index (κ1) is 18.0. The summed E-state index contributed by atoms with van der Waals surface area (Å²) in [4.78, 5) is 37.4. The van der Waals surface area contributed by atoms with Crippen molar-refractivity contribution in [3.63, 3.8) is 0 Å². The molecule has 1 aliphatic heterocycles. The zero-order chi connectivity index (χ0) is 18.7. The number of hydrogen-bond donors (Lipinski definition) is 3. The summed E-state index contributed by atoms with van der Waals surface area (Å²) < 4.78 is 0. The molecule has 3 N–H and O–H groups in total. The van der Waals surface area contributed by atoms with Gasteiger partial charge in [0.2, 0.25) is 11.8 Å². The highest BCUT2D eigenvalue weighted by Crippen LogP contribution is 2.28. The van der Waals surface area contributed by atoms with E-state index in [4.69, 9.17) is 23.2 Å². The molecule has 0 unspecified atom stereocenters. The normalized spacial score (nSPS) is 12.8. The summed E-state index contributed by atoms with van der Waals surface area (Å²) in [7, 11) is 0. The van der Waals surface area contributed by atoms with Crippen LogP contribution >= 0.6 is 23.2 Å². The Morgan fingerprint density at radius 3 is 2.54 bits per heavy atom.